The zero-order valence-corrected chi connectivity index (χ0v) is 43.2. The largest absolute Gasteiger partial charge is 0.477 e. The van der Waals surface area contributed by atoms with Crippen molar-refractivity contribution in [3.8, 4) is 0 Å². The fraction of sp³-hybridized carbons (Fsp3) is 0.839. The van der Waals surface area contributed by atoms with E-state index in [2.05, 4.69) is 50.3 Å². The molecule has 0 amide bonds. The molecule has 2 unspecified atom stereocenters. The summed E-state index contributed by atoms with van der Waals surface area (Å²) < 4.78 is 22.8. The molecule has 65 heavy (non-hydrogen) atoms. The van der Waals surface area contributed by atoms with Gasteiger partial charge in [0.2, 0.25) is 0 Å². The topological polar surface area (TPSA) is 108 Å². The Morgan fingerprint density at radius 1 is 0.462 bits per heavy atom. The number of unbranched alkanes of at least 4 members (excludes halogenated alkanes) is 29. The van der Waals surface area contributed by atoms with E-state index in [9.17, 15) is 19.5 Å². The third kappa shape index (κ3) is 49.2. The molecule has 0 aliphatic heterocycles. The first-order chi connectivity index (χ1) is 31.6. The van der Waals surface area contributed by atoms with Gasteiger partial charge in [0.1, 0.15) is 13.2 Å². The SMILES string of the molecule is CCCCCCC/C=C\C/C=C\C/C=C\CCCCCCCCCCCCCCCCCCC(=O)OC(COC(=O)CCCCCCCCCCC)COC(OCC[N+](C)(C)C)C(=O)O. The van der Waals surface area contributed by atoms with E-state index in [1.807, 2.05) is 21.1 Å². The Kier molecular flexibility index (Phi) is 46.1. The van der Waals surface area contributed by atoms with Crippen LogP contribution in [0.2, 0.25) is 0 Å². The second kappa shape index (κ2) is 48.0. The Morgan fingerprint density at radius 2 is 0.831 bits per heavy atom. The van der Waals surface area contributed by atoms with Crippen molar-refractivity contribution in [3.63, 3.8) is 0 Å². The fourth-order valence-corrected chi connectivity index (χ4v) is 7.67. The molecule has 0 bridgehead atoms. The van der Waals surface area contributed by atoms with Crippen molar-refractivity contribution in [2.45, 2.75) is 257 Å². The van der Waals surface area contributed by atoms with Crippen molar-refractivity contribution in [2.24, 2.45) is 0 Å². The summed E-state index contributed by atoms with van der Waals surface area (Å²) in [4.78, 5) is 37.1. The molecule has 0 aliphatic carbocycles. The molecule has 0 radical (unpaired) electrons. The smallest absolute Gasteiger partial charge is 0.361 e. The third-order valence-corrected chi connectivity index (χ3v) is 11.9. The first-order valence-corrected chi connectivity index (χ1v) is 27.2. The van der Waals surface area contributed by atoms with E-state index in [1.54, 1.807) is 0 Å². The molecular formula is C56H104NO8+. The number of carboxylic acid groups (broad SMARTS) is 1. The van der Waals surface area contributed by atoms with E-state index >= 15 is 0 Å². The van der Waals surface area contributed by atoms with Crippen LogP contribution in [0.4, 0.5) is 0 Å². The van der Waals surface area contributed by atoms with Crippen molar-refractivity contribution in [1.82, 2.24) is 0 Å². The Hall–Kier alpha value is -2.49. The molecule has 0 fully saturated rings. The number of likely N-dealkylation sites (N-methyl/N-ethyl adjacent to an activating group) is 1. The van der Waals surface area contributed by atoms with Gasteiger partial charge in [-0.05, 0) is 51.4 Å². The highest BCUT2D eigenvalue weighted by atomic mass is 16.7. The average molecular weight is 919 g/mol. The van der Waals surface area contributed by atoms with Crippen molar-refractivity contribution < 1.29 is 42.9 Å². The minimum absolute atomic E-state index is 0.178. The zero-order chi connectivity index (χ0) is 47.7. The maximum Gasteiger partial charge on any atom is 0.361 e. The molecule has 0 saturated carbocycles. The summed E-state index contributed by atoms with van der Waals surface area (Å²) in [6.45, 7) is 4.86. The first kappa shape index (κ1) is 62.5. The lowest BCUT2D eigenvalue weighted by molar-refractivity contribution is -0.870. The number of allylic oxidation sites excluding steroid dienone is 6. The van der Waals surface area contributed by atoms with Crippen molar-refractivity contribution in [3.05, 3.63) is 36.5 Å². The van der Waals surface area contributed by atoms with Crippen molar-refractivity contribution in [2.75, 3.05) is 47.5 Å². The molecule has 9 heteroatoms. The summed E-state index contributed by atoms with van der Waals surface area (Å²) >= 11 is 0. The van der Waals surface area contributed by atoms with Gasteiger partial charge < -0.3 is 28.5 Å². The van der Waals surface area contributed by atoms with Gasteiger partial charge in [-0.2, -0.15) is 0 Å². The number of carboxylic acids is 1. The summed E-state index contributed by atoms with van der Waals surface area (Å²) in [7, 11) is 5.96. The van der Waals surface area contributed by atoms with Gasteiger partial charge in [-0.25, -0.2) is 4.79 Å². The number of nitrogens with zero attached hydrogens (tertiary/aromatic N) is 1. The van der Waals surface area contributed by atoms with Crippen LogP contribution in [0, 0.1) is 0 Å². The summed E-state index contributed by atoms with van der Waals surface area (Å²) in [5.74, 6) is -2.00. The molecular weight excluding hydrogens is 815 g/mol. The predicted octanol–water partition coefficient (Wildman–Crippen LogP) is 15.3. The Morgan fingerprint density at radius 3 is 1.23 bits per heavy atom. The number of hydrogen-bond acceptors (Lipinski definition) is 7. The van der Waals surface area contributed by atoms with Gasteiger partial charge in [0.15, 0.2) is 6.10 Å². The number of hydrogen-bond donors (Lipinski definition) is 1. The number of quaternary nitrogens is 1. The van der Waals surface area contributed by atoms with Crippen LogP contribution in [0.5, 0.6) is 0 Å². The highest BCUT2D eigenvalue weighted by Gasteiger charge is 2.25. The van der Waals surface area contributed by atoms with Gasteiger partial charge in [-0.15, -0.1) is 0 Å². The van der Waals surface area contributed by atoms with Gasteiger partial charge in [-0.1, -0.05) is 217 Å². The molecule has 0 spiro atoms. The standard InChI is InChI=1S/C56H103NO8/c1-6-8-10-12-14-16-17-18-19-20-21-22-23-24-25-26-27-28-29-30-31-32-33-34-35-36-37-39-41-43-45-47-54(59)65-52(51-64-56(55(60)61)62-49-48-57(3,4)5)50-63-53(58)46-44-42-40-38-15-13-11-9-7-2/h17-18,20-21,23-24,52,56H,6-16,19,22,25-51H2,1-5H3/p+1/b18-17-,21-20-,24-23-. The van der Waals surface area contributed by atoms with Gasteiger partial charge >= 0.3 is 17.9 Å². The lowest BCUT2D eigenvalue weighted by Crippen LogP contribution is -2.40. The number of esters is 2. The Balaban J connectivity index is 4.06. The summed E-state index contributed by atoms with van der Waals surface area (Å²) in [5.41, 5.74) is 0. The number of rotatable bonds is 50. The highest BCUT2D eigenvalue weighted by Crippen LogP contribution is 2.16. The molecule has 1 N–H and O–H groups in total. The minimum Gasteiger partial charge on any atom is -0.477 e. The number of carbonyl (C=O) groups is 3. The average Bonchev–Trinajstić information content (AvgIpc) is 3.27. The molecule has 0 aliphatic rings. The summed E-state index contributed by atoms with van der Waals surface area (Å²) in [5, 5.41) is 9.65. The second-order valence-electron chi connectivity index (χ2n) is 19.5. The van der Waals surface area contributed by atoms with Gasteiger partial charge in [0.05, 0.1) is 34.4 Å². The van der Waals surface area contributed by atoms with E-state index in [-0.39, 0.29) is 32.2 Å². The van der Waals surface area contributed by atoms with Crippen molar-refractivity contribution >= 4 is 17.9 Å². The van der Waals surface area contributed by atoms with Crippen LogP contribution in [0.25, 0.3) is 0 Å². The van der Waals surface area contributed by atoms with Crippen molar-refractivity contribution in [1.29, 1.82) is 0 Å². The normalized spacial score (nSPS) is 13.1. The van der Waals surface area contributed by atoms with E-state index in [0.717, 1.165) is 51.4 Å². The van der Waals surface area contributed by atoms with Crippen LogP contribution in [0.1, 0.15) is 245 Å². The third-order valence-electron chi connectivity index (χ3n) is 11.9. The molecule has 0 aromatic heterocycles. The second-order valence-corrected chi connectivity index (χ2v) is 19.5. The zero-order valence-electron chi connectivity index (χ0n) is 43.2. The monoisotopic (exact) mass is 919 g/mol. The van der Waals surface area contributed by atoms with E-state index in [1.165, 1.54) is 167 Å². The lowest BCUT2D eigenvalue weighted by atomic mass is 10.0. The quantitative estimate of drug-likeness (QED) is 0.0211. The van der Waals surface area contributed by atoms with Crippen LogP contribution in [-0.2, 0) is 33.3 Å². The van der Waals surface area contributed by atoms with E-state index in [0.29, 0.717) is 17.4 Å². The number of ether oxygens (including phenoxy) is 4. The molecule has 2 atom stereocenters. The maximum atomic E-state index is 12.8. The van der Waals surface area contributed by atoms with Crippen LogP contribution in [-0.4, -0.2) is 87.4 Å². The number of carbonyl (C=O) groups excluding carboxylic acids is 2. The predicted molar refractivity (Wildman–Crippen MR) is 272 cm³/mol. The van der Waals surface area contributed by atoms with Crippen LogP contribution in [0.15, 0.2) is 36.5 Å². The Bertz CT molecular complexity index is 1160. The molecule has 0 aromatic carbocycles. The minimum atomic E-state index is -1.51. The van der Waals surface area contributed by atoms with E-state index in [4.69, 9.17) is 18.9 Å². The molecule has 0 saturated heterocycles. The van der Waals surface area contributed by atoms with E-state index < -0.39 is 24.3 Å². The summed E-state index contributed by atoms with van der Waals surface area (Å²) in [6, 6.07) is 0. The first-order valence-electron chi connectivity index (χ1n) is 27.2. The maximum absolute atomic E-state index is 12.8. The van der Waals surface area contributed by atoms with Crippen LogP contribution >= 0.6 is 0 Å². The lowest BCUT2D eigenvalue weighted by Gasteiger charge is -2.25. The Labute approximate surface area is 400 Å². The van der Waals surface area contributed by atoms with Gasteiger partial charge in [0.25, 0.3) is 6.29 Å². The molecule has 9 nitrogen and oxygen atoms in total. The summed E-state index contributed by atoms with van der Waals surface area (Å²) in [6.07, 6.45) is 53.8. The van der Waals surface area contributed by atoms with Crippen LogP contribution in [0.3, 0.4) is 0 Å². The fourth-order valence-electron chi connectivity index (χ4n) is 7.67. The van der Waals surface area contributed by atoms with Gasteiger partial charge in [0, 0.05) is 12.8 Å². The highest BCUT2D eigenvalue weighted by molar-refractivity contribution is 5.71. The van der Waals surface area contributed by atoms with Crippen LogP contribution < -0.4 is 0 Å². The molecule has 0 rings (SSSR count). The molecule has 0 heterocycles. The molecule has 0 aromatic rings. The molecule has 380 valence electrons. The van der Waals surface area contributed by atoms with Gasteiger partial charge in [-0.3, -0.25) is 9.59 Å². The number of aliphatic carboxylic acids is 1.